The zero-order chi connectivity index (χ0) is 19.5. The lowest BCUT2D eigenvalue weighted by molar-refractivity contribution is -0.129. The zero-order valence-electron chi connectivity index (χ0n) is 15.2. The van der Waals surface area contributed by atoms with Gasteiger partial charge in [0.25, 0.3) is 0 Å². The third kappa shape index (κ3) is 8.00. The van der Waals surface area contributed by atoms with Crippen LogP contribution in [0.2, 0.25) is 5.02 Å². The molecule has 27 heavy (non-hydrogen) atoms. The summed E-state index contributed by atoms with van der Waals surface area (Å²) in [7, 11) is 1.60. The van der Waals surface area contributed by atoms with E-state index >= 15 is 0 Å². The number of methoxy groups -OCH3 is 1. The summed E-state index contributed by atoms with van der Waals surface area (Å²) in [5.41, 5.74) is 1.07. The molecule has 0 aliphatic heterocycles. The van der Waals surface area contributed by atoms with Crippen LogP contribution >= 0.6 is 11.6 Å². The number of benzene rings is 2. The first-order valence-electron chi connectivity index (χ1n) is 8.61. The van der Waals surface area contributed by atoms with Gasteiger partial charge in [-0.1, -0.05) is 23.7 Å². The molecule has 0 aliphatic carbocycles. The molecule has 0 spiro atoms. The second kappa shape index (κ2) is 11.1. The fourth-order valence-electron chi connectivity index (χ4n) is 2.30. The smallest absolute Gasteiger partial charge is 0.229 e. The van der Waals surface area contributed by atoms with E-state index in [2.05, 4.69) is 10.6 Å². The molecule has 2 aromatic rings. The Morgan fingerprint density at radius 3 is 2.11 bits per heavy atom. The molecule has 0 aromatic heterocycles. The van der Waals surface area contributed by atoms with E-state index in [0.29, 0.717) is 36.9 Å². The SMILES string of the molecule is COc1ccc(OCCNC(=O)CC(=O)NCCc2ccc(Cl)cc2)cc1. The van der Waals surface area contributed by atoms with Crippen LogP contribution in [-0.2, 0) is 16.0 Å². The molecule has 7 heteroatoms. The predicted molar refractivity (Wildman–Crippen MR) is 104 cm³/mol. The minimum absolute atomic E-state index is 0.205. The molecule has 0 bridgehead atoms. The number of ether oxygens (including phenoxy) is 2. The van der Waals surface area contributed by atoms with Crippen molar-refractivity contribution in [1.29, 1.82) is 0 Å². The van der Waals surface area contributed by atoms with Crippen LogP contribution in [0.15, 0.2) is 48.5 Å². The van der Waals surface area contributed by atoms with Crippen LogP contribution in [0.3, 0.4) is 0 Å². The number of hydrogen-bond donors (Lipinski definition) is 2. The summed E-state index contributed by atoms with van der Waals surface area (Å²) in [5, 5.41) is 6.06. The Morgan fingerprint density at radius 2 is 1.48 bits per heavy atom. The van der Waals surface area contributed by atoms with Gasteiger partial charge in [-0.15, -0.1) is 0 Å². The monoisotopic (exact) mass is 390 g/mol. The number of halogens is 1. The highest BCUT2D eigenvalue weighted by Crippen LogP contribution is 2.16. The summed E-state index contributed by atoms with van der Waals surface area (Å²) < 4.78 is 10.6. The van der Waals surface area contributed by atoms with Crippen LogP contribution in [-0.4, -0.2) is 38.6 Å². The van der Waals surface area contributed by atoms with Gasteiger partial charge in [0.15, 0.2) is 0 Å². The molecule has 0 saturated heterocycles. The van der Waals surface area contributed by atoms with Crippen molar-refractivity contribution in [3.63, 3.8) is 0 Å². The molecule has 2 amide bonds. The van der Waals surface area contributed by atoms with Crippen molar-refractivity contribution in [3.8, 4) is 11.5 Å². The summed E-state index contributed by atoms with van der Waals surface area (Å²) in [6.07, 6.45) is 0.476. The Labute approximate surface area is 163 Å². The molecule has 6 nitrogen and oxygen atoms in total. The predicted octanol–water partition coefficient (Wildman–Crippen LogP) is 2.59. The Balaban J connectivity index is 1.56. The van der Waals surface area contributed by atoms with Crippen molar-refractivity contribution in [2.45, 2.75) is 12.8 Å². The Kier molecular flexibility index (Phi) is 8.45. The van der Waals surface area contributed by atoms with Gasteiger partial charge in [-0.25, -0.2) is 0 Å². The maximum Gasteiger partial charge on any atom is 0.229 e. The molecule has 0 aliphatic rings. The molecule has 0 heterocycles. The summed E-state index contributed by atoms with van der Waals surface area (Å²) >= 11 is 5.82. The number of rotatable bonds is 10. The zero-order valence-corrected chi connectivity index (χ0v) is 15.9. The standard InChI is InChI=1S/C20H23ClN2O4/c1-26-17-6-8-18(9-7-17)27-13-12-23-20(25)14-19(24)22-11-10-15-2-4-16(21)5-3-15/h2-9H,10-14H2,1H3,(H,22,24)(H,23,25). The van der Waals surface area contributed by atoms with Gasteiger partial charge in [-0.3, -0.25) is 9.59 Å². The van der Waals surface area contributed by atoms with Gasteiger partial charge in [0.05, 0.1) is 13.7 Å². The average Bonchev–Trinajstić information content (AvgIpc) is 2.67. The Morgan fingerprint density at radius 1 is 0.889 bits per heavy atom. The Hall–Kier alpha value is -2.73. The fraction of sp³-hybridized carbons (Fsp3) is 0.300. The minimum Gasteiger partial charge on any atom is -0.497 e. The maximum absolute atomic E-state index is 11.8. The topological polar surface area (TPSA) is 76.7 Å². The van der Waals surface area contributed by atoms with E-state index in [1.807, 2.05) is 12.1 Å². The van der Waals surface area contributed by atoms with Crippen molar-refractivity contribution < 1.29 is 19.1 Å². The van der Waals surface area contributed by atoms with Crippen LogP contribution < -0.4 is 20.1 Å². The van der Waals surface area contributed by atoms with Crippen molar-refractivity contribution in [2.24, 2.45) is 0 Å². The highest BCUT2D eigenvalue weighted by Gasteiger charge is 2.08. The molecular weight excluding hydrogens is 368 g/mol. The second-order valence-corrected chi connectivity index (χ2v) is 6.21. The second-order valence-electron chi connectivity index (χ2n) is 5.78. The van der Waals surface area contributed by atoms with Gasteiger partial charge in [0.2, 0.25) is 11.8 Å². The van der Waals surface area contributed by atoms with Crippen molar-refractivity contribution >= 4 is 23.4 Å². The molecule has 2 aromatic carbocycles. The average molecular weight is 391 g/mol. The largest absolute Gasteiger partial charge is 0.497 e. The summed E-state index contributed by atoms with van der Waals surface area (Å²) in [6, 6.07) is 14.6. The van der Waals surface area contributed by atoms with Crippen LogP contribution in [0.1, 0.15) is 12.0 Å². The molecule has 0 radical (unpaired) electrons. The fourth-order valence-corrected chi connectivity index (χ4v) is 2.43. The first-order valence-corrected chi connectivity index (χ1v) is 8.99. The maximum atomic E-state index is 11.8. The highest BCUT2D eigenvalue weighted by molar-refractivity contribution is 6.30. The highest BCUT2D eigenvalue weighted by atomic mass is 35.5. The van der Waals surface area contributed by atoms with E-state index in [4.69, 9.17) is 21.1 Å². The van der Waals surface area contributed by atoms with Crippen LogP contribution in [0.4, 0.5) is 0 Å². The molecule has 0 saturated carbocycles. The van der Waals surface area contributed by atoms with E-state index in [0.717, 1.165) is 11.3 Å². The lowest BCUT2D eigenvalue weighted by Gasteiger charge is -2.09. The normalized spacial score (nSPS) is 10.1. The van der Waals surface area contributed by atoms with E-state index in [9.17, 15) is 9.59 Å². The van der Waals surface area contributed by atoms with E-state index in [1.54, 1.807) is 43.5 Å². The first kappa shape index (κ1) is 20.6. The number of amides is 2. The lowest BCUT2D eigenvalue weighted by atomic mass is 10.1. The van der Waals surface area contributed by atoms with Crippen LogP contribution in [0.5, 0.6) is 11.5 Å². The molecule has 0 fully saturated rings. The van der Waals surface area contributed by atoms with Gasteiger partial charge >= 0.3 is 0 Å². The number of hydrogen-bond acceptors (Lipinski definition) is 4. The summed E-state index contributed by atoms with van der Waals surface area (Å²) in [6.45, 7) is 1.10. The van der Waals surface area contributed by atoms with E-state index in [1.165, 1.54) is 0 Å². The quantitative estimate of drug-likeness (QED) is 0.483. The van der Waals surface area contributed by atoms with Gasteiger partial charge in [0, 0.05) is 11.6 Å². The number of nitrogens with one attached hydrogen (secondary N) is 2. The van der Waals surface area contributed by atoms with E-state index in [-0.39, 0.29) is 18.2 Å². The molecule has 2 rings (SSSR count). The van der Waals surface area contributed by atoms with Crippen LogP contribution in [0, 0.1) is 0 Å². The van der Waals surface area contributed by atoms with Crippen molar-refractivity contribution in [3.05, 3.63) is 59.1 Å². The van der Waals surface area contributed by atoms with Gasteiger partial charge in [0.1, 0.15) is 24.5 Å². The third-order valence-electron chi connectivity index (χ3n) is 3.72. The van der Waals surface area contributed by atoms with Gasteiger partial charge < -0.3 is 20.1 Å². The molecule has 0 atom stereocenters. The molecule has 144 valence electrons. The Bertz CT molecular complexity index is 733. The number of carbonyl (C=O) groups is 2. The van der Waals surface area contributed by atoms with Gasteiger partial charge in [-0.2, -0.15) is 0 Å². The van der Waals surface area contributed by atoms with Crippen LogP contribution in [0.25, 0.3) is 0 Å². The molecule has 0 unspecified atom stereocenters. The van der Waals surface area contributed by atoms with E-state index < -0.39 is 0 Å². The third-order valence-corrected chi connectivity index (χ3v) is 3.97. The minimum atomic E-state index is -0.336. The first-order chi connectivity index (χ1) is 13.1. The summed E-state index contributed by atoms with van der Waals surface area (Å²) in [5.74, 6) is 0.789. The molecule has 2 N–H and O–H groups in total. The van der Waals surface area contributed by atoms with Crippen molar-refractivity contribution in [1.82, 2.24) is 10.6 Å². The van der Waals surface area contributed by atoms with Gasteiger partial charge in [-0.05, 0) is 48.4 Å². The van der Waals surface area contributed by atoms with Crippen molar-refractivity contribution in [2.75, 3.05) is 26.8 Å². The number of carbonyl (C=O) groups excluding carboxylic acids is 2. The summed E-state index contributed by atoms with van der Waals surface area (Å²) in [4.78, 5) is 23.5. The molecular formula is C20H23ClN2O4. The lowest BCUT2D eigenvalue weighted by Crippen LogP contribution is -2.34.